The lowest BCUT2D eigenvalue weighted by Gasteiger charge is -2.12. The number of methoxy groups -OCH3 is 2. The fraction of sp³-hybridized carbons (Fsp3) is 0.100. The molecule has 0 unspecified atom stereocenters. The quantitative estimate of drug-likeness (QED) is 0.0825. The molecular weight excluding hydrogens is 862 g/mol. The van der Waals surface area contributed by atoms with Gasteiger partial charge in [-0.2, -0.15) is 0 Å². The molecule has 0 aliphatic carbocycles. The van der Waals surface area contributed by atoms with E-state index in [1.807, 2.05) is 72.8 Å². The first-order valence-corrected chi connectivity index (χ1v) is 21.5. The van der Waals surface area contributed by atoms with Crippen molar-refractivity contribution >= 4 is 71.8 Å². The van der Waals surface area contributed by atoms with Crippen LogP contribution in [0.4, 0.5) is 0 Å². The smallest absolute Gasteiger partial charge is 0.488 e. The van der Waals surface area contributed by atoms with E-state index in [-0.39, 0.29) is 15.3 Å². The zero-order valence-electron chi connectivity index (χ0n) is 30.1. The van der Waals surface area contributed by atoms with Crippen LogP contribution in [-0.2, 0) is 31.8 Å². The number of hydrogen-bond donors (Lipinski definition) is 4. The van der Waals surface area contributed by atoms with Crippen LogP contribution >= 0.6 is 39.1 Å². The van der Waals surface area contributed by atoms with E-state index in [1.54, 1.807) is 26.4 Å². The minimum Gasteiger partial charge on any atom is -0.496 e. The van der Waals surface area contributed by atoms with Crippen molar-refractivity contribution < 1.29 is 36.4 Å². The summed E-state index contributed by atoms with van der Waals surface area (Å²) in [6, 6.07) is 39.0. The van der Waals surface area contributed by atoms with E-state index in [0.717, 1.165) is 55.2 Å². The number of sulfonamides is 2. The Bertz CT molecular complexity index is 2470. The molecule has 6 rings (SSSR count). The third kappa shape index (κ3) is 12.9. The van der Waals surface area contributed by atoms with Gasteiger partial charge in [0.2, 0.25) is 20.0 Å². The molecule has 6 aromatic carbocycles. The first kappa shape index (κ1) is 44.5. The molecular formula is C40H38BBrCl2N2O8S2. The first-order chi connectivity index (χ1) is 26.5. The number of primary sulfonamides is 2. The van der Waals surface area contributed by atoms with Crippen LogP contribution in [0.25, 0.3) is 22.3 Å². The van der Waals surface area contributed by atoms with Gasteiger partial charge in [0.25, 0.3) is 0 Å². The monoisotopic (exact) mass is 898 g/mol. The van der Waals surface area contributed by atoms with Crippen molar-refractivity contribution in [2.24, 2.45) is 10.3 Å². The Kier molecular flexibility index (Phi) is 16.1. The normalized spacial score (nSPS) is 11.0. The molecule has 0 atom stereocenters. The third-order valence-corrected chi connectivity index (χ3v) is 11.1. The Morgan fingerprint density at radius 2 is 1.00 bits per heavy atom. The first-order valence-electron chi connectivity index (χ1n) is 16.5. The molecule has 56 heavy (non-hydrogen) atoms. The van der Waals surface area contributed by atoms with Crippen LogP contribution in [-0.4, -0.2) is 48.2 Å². The zero-order chi connectivity index (χ0) is 41.0. The van der Waals surface area contributed by atoms with E-state index >= 15 is 0 Å². The van der Waals surface area contributed by atoms with Crippen LogP contribution in [0.1, 0.15) is 16.7 Å². The van der Waals surface area contributed by atoms with E-state index in [9.17, 15) is 16.8 Å². The van der Waals surface area contributed by atoms with Gasteiger partial charge in [-0.3, -0.25) is 0 Å². The van der Waals surface area contributed by atoms with Crippen molar-refractivity contribution in [2.45, 2.75) is 21.5 Å². The van der Waals surface area contributed by atoms with Gasteiger partial charge in [0.05, 0.1) is 24.0 Å². The van der Waals surface area contributed by atoms with E-state index in [1.165, 1.54) is 42.0 Å². The maximum atomic E-state index is 11.4. The van der Waals surface area contributed by atoms with E-state index < -0.39 is 27.2 Å². The molecule has 0 saturated heterocycles. The van der Waals surface area contributed by atoms with Crippen molar-refractivity contribution in [1.82, 2.24) is 0 Å². The number of halogens is 3. The summed E-state index contributed by atoms with van der Waals surface area (Å²) < 4.78 is 55.1. The van der Waals surface area contributed by atoms with Gasteiger partial charge in [0, 0.05) is 26.5 Å². The molecule has 292 valence electrons. The molecule has 0 bridgehead atoms. The molecule has 0 amide bonds. The molecule has 0 heterocycles. The molecule has 6 N–H and O–H groups in total. The number of alkyl halides is 1. The molecule has 0 fully saturated rings. The highest BCUT2D eigenvalue weighted by atomic mass is 79.9. The summed E-state index contributed by atoms with van der Waals surface area (Å²) in [5, 5.41) is 29.6. The van der Waals surface area contributed by atoms with Gasteiger partial charge in [-0.25, -0.2) is 27.1 Å². The molecule has 10 nitrogen and oxygen atoms in total. The van der Waals surface area contributed by atoms with Gasteiger partial charge in [-0.05, 0) is 112 Å². The highest BCUT2D eigenvalue weighted by molar-refractivity contribution is 9.08. The summed E-state index contributed by atoms with van der Waals surface area (Å²) in [6.45, 7) is 0. The summed E-state index contributed by atoms with van der Waals surface area (Å²) in [4.78, 5) is 0.0486. The SMILES string of the molecule is COc1ccc(CBr)cc1-c1cccc(Cl)c1.COc1ccc(Cc2ccc(S(N)(=O)=O)cc2)cc1-c1cccc(Cl)c1.NS(=O)(=O)c1ccc(B(O)O)cc1. The van der Waals surface area contributed by atoms with Gasteiger partial charge in [0.1, 0.15) is 11.5 Å². The van der Waals surface area contributed by atoms with Crippen LogP contribution in [0.3, 0.4) is 0 Å². The van der Waals surface area contributed by atoms with Crippen molar-refractivity contribution in [1.29, 1.82) is 0 Å². The molecule has 0 aromatic heterocycles. The van der Waals surface area contributed by atoms with Crippen LogP contribution in [0, 0.1) is 0 Å². The average Bonchev–Trinajstić information content (AvgIpc) is 3.17. The molecule has 16 heteroatoms. The van der Waals surface area contributed by atoms with Crippen LogP contribution in [0.5, 0.6) is 11.5 Å². The van der Waals surface area contributed by atoms with E-state index in [4.69, 9.17) is 53.0 Å². The average molecular weight is 901 g/mol. The zero-order valence-corrected chi connectivity index (χ0v) is 34.9. The summed E-state index contributed by atoms with van der Waals surface area (Å²) in [6.07, 6.45) is 0.655. The Morgan fingerprint density at radius 3 is 1.39 bits per heavy atom. The maximum absolute atomic E-state index is 11.4. The summed E-state index contributed by atoms with van der Waals surface area (Å²) in [7, 11) is -5.68. The van der Waals surface area contributed by atoms with Crippen LogP contribution in [0.2, 0.25) is 10.0 Å². The van der Waals surface area contributed by atoms with Gasteiger partial charge in [-0.15, -0.1) is 0 Å². The van der Waals surface area contributed by atoms with Gasteiger partial charge >= 0.3 is 7.12 Å². The summed E-state index contributed by atoms with van der Waals surface area (Å²) in [5.41, 5.74) is 7.54. The fourth-order valence-corrected chi connectivity index (χ4v) is 7.09. The topological polar surface area (TPSA) is 179 Å². The second-order valence-corrected chi connectivity index (χ2v) is 16.6. The number of nitrogens with two attached hydrogens (primary N) is 2. The Morgan fingerprint density at radius 1 is 0.589 bits per heavy atom. The summed E-state index contributed by atoms with van der Waals surface area (Å²) >= 11 is 15.6. The lowest BCUT2D eigenvalue weighted by molar-refractivity contribution is 0.416. The second kappa shape index (κ2) is 20.3. The fourth-order valence-electron chi connectivity index (χ4n) is 5.33. The number of hydrogen-bond acceptors (Lipinski definition) is 8. The molecule has 0 saturated carbocycles. The highest BCUT2D eigenvalue weighted by Crippen LogP contribution is 2.34. The Labute approximate surface area is 346 Å². The second-order valence-electron chi connectivity index (χ2n) is 12.1. The van der Waals surface area contributed by atoms with E-state index in [0.29, 0.717) is 11.4 Å². The van der Waals surface area contributed by atoms with Crippen molar-refractivity contribution in [3.8, 4) is 33.8 Å². The maximum Gasteiger partial charge on any atom is 0.488 e. The number of rotatable bonds is 10. The Hall–Kier alpha value is -4.22. The lowest BCUT2D eigenvalue weighted by Crippen LogP contribution is -2.29. The lowest BCUT2D eigenvalue weighted by atomic mass is 9.81. The molecule has 0 radical (unpaired) electrons. The minimum absolute atomic E-state index is 0.0584. The largest absolute Gasteiger partial charge is 0.496 e. The van der Waals surface area contributed by atoms with Gasteiger partial charge in [0.15, 0.2) is 0 Å². The standard InChI is InChI=1S/C20H18ClNO3S.C14H12BrClO.C6H8BNO4S/c1-25-20-10-7-15(12-19(20)16-3-2-4-17(21)13-16)11-14-5-8-18(9-6-14)26(22,23)24;1-17-14-6-5-10(9-15)7-13(14)11-3-2-4-12(16)8-11;8-13(11,12)6-3-1-5(2-4-6)7(9)10/h2-10,12-13H,11H2,1H3,(H2,22,23,24);2-8H,9H2,1H3;1-4,9-10H,(H2,8,11,12). The molecule has 0 spiro atoms. The highest BCUT2D eigenvalue weighted by Gasteiger charge is 2.13. The predicted octanol–water partition coefficient (Wildman–Crippen LogP) is 7.18. The van der Waals surface area contributed by atoms with Gasteiger partial charge in [-0.1, -0.05) is 99.8 Å². The van der Waals surface area contributed by atoms with Crippen LogP contribution in [0.15, 0.2) is 143 Å². The van der Waals surface area contributed by atoms with Crippen molar-refractivity contribution in [3.05, 3.63) is 160 Å². The molecule has 0 aliphatic heterocycles. The van der Waals surface area contributed by atoms with Gasteiger partial charge < -0.3 is 19.5 Å². The number of ether oxygens (including phenoxy) is 2. The predicted molar refractivity (Wildman–Crippen MR) is 228 cm³/mol. The molecule has 6 aromatic rings. The van der Waals surface area contributed by atoms with Crippen molar-refractivity contribution in [2.75, 3.05) is 14.2 Å². The van der Waals surface area contributed by atoms with Crippen molar-refractivity contribution in [3.63, 3.8) is 0 Å². The molecule has 0 aliphatic rings. The summed E-state index contributed by atoms with van der Waals surface area (Å²) in [5.74, 6) is 1.62. The Balaban J connectivity index is 0.000000200. The van der Waals surface area contributed by atoms with Crippen LogP contribution < -0.4 is 25.2 Å². The third-order valence-electron chi connectivity index (χ3n) is 8.12. The number of benzene rings is 6. The minimum atomic E-state index is -3.71. The van der Waals surface area contributed by atoms with E-state index in [2.05, 4.69) is 28.1 Å².